The zero-order chi connectivity index (χ0) is 23.5. The van der Waals surface area contributed by atoms with E-state index >= 15 is 0 Å². The van der Waals surface area contributed by atoms with Gasteiger partial charge >= 0.3 is 0 Å². The molecule has 5 heteroatoms. The fraction of sp³-hybridized carbons (Fsp3) is 0.286. The van der Waals surface area contributed by atoms with Crippen LogP contribution in [0.1, 0.15) is 36.5 Å². The van der Waals surface area contributed by atoms with Crippen molar-refractivity contribution in [3.8, 4) is 0 Å². The molecule has 0 fully saturated rings. The average Bonchev–Trinajstić information content (AvgIpc) is 2.84. The molecule has 0 saturated carbocycles. The predicted molar refractivity (Wildman–Crippen MR) is 129 cm³/mol. The van der Waals surface area contributed by atoms with Gasteiger partial charge in [-0.2, -0.15) is 0 Å². The lowest BCUT2D eigenvalue weighted by atomic mass is 10.0. The smallest absolute Gasteiger partial charge is 0.243 e. The van der Waals surface area contributed by atoms with Gasteiger partial charge in [0.25, 0.3) is 0 Å². The third-order valence-electron chi connectivity index (χ3n) is 5.57. The van der Waals surface area contributed by atoms with Crippen LogP contribution in [-0.4, -0.2) is 29.3 Å². The second-order valence-electron chi connectivity index (χ2n) is 8.16. The Kier molecular flexibility index (Phi) is 9.19. The Balaban J connectivity index is 1.91. The minimum Gasteiger partial charge on any atom is -0.354 e. The lowest BCUT2D eigenvalue weighted by Gasteiger charge is -2.31. The summed E-state index contributed by atoms with van der Waals surface area (Å²) < 4.78 is 13.5. The maximum Gasteiger partial charge on any atom is 0.243 e. The van der Waals surface area contributed by atoms with E-state index in [1.54, 1.807) is 17.0 Å². The molecule has 0 unspecified atom stereocenters. The van der Waals surface area contributed by atoms with Crippen LogP contribution in [-0.2, 0) is 29.0 Å². The molecule has 3 aromatic rings. The predicted octanol–water partition coefficient (Wildman–Crippen LogP) is 4.92. The van der Waals surface area contributed by atoms with Crippen LogP contribution in [0.2, 0.25) is 0 Å². The van der Waals surface area contributed by atoms with Gasteiger partial charge in [-0.3, -0.25) is 9.59 Å². The number of halogens is 1. The molecule has 0 bridgehead atoms. The second kappa shape index (κ2) is 12.5. The number of amides is 2. The molecule has 0 spiro atoms. The Bertz CT molecular complexity index is 1010. The summed E-state index contributed by atoms with van der Waals surface area (Å²) in [5.74, 6) is -0.646. The molecule has 0 heterocycles. The van der Waals surface area contributed by atoms with Crippen molar-refractivity contribution in [2.24, 2.45) is 0 Å². The van der Waals surface area contributed by atoms with E-state index in [9.17, 15) is 14.0 Å². The number of nitrogens with zero attached hydrogens (tertiary/aromatic N) is 1. The normalized spacial score (nSPS) is 11.6. The number of hydrogen-bond donors (Lipinski definition) is 1. The molecular formula is C28H31FN2O2. The first-order chi connectivity index (χ1) is 16.1. The fourth-order valence-corrected chi connectivity index (χ4v) is 3.72. The number of carbonyl (C=O) groups is 2. The first-order valence-corrected chi connectivity index (χ1v) is 11.5. The van der Waals surface area contributed by atoms with E-state index in [0.717, 1.165) is 29.5 Å². The van der Waals surface area contributed by atoms with E-state index in [4.69, 9.17) is 0 Å². The lowest BCUT2D eigenvalue weighted by Crippen LogP contribution is -2.51. The van der Waals surface area contributed by atoms with Crippen LogP contribution in [0.15, 0.2) is 84.9 Å². The number of rotatable bonds is 11. The summed E-state index contributed by atoms with van der Waals surface area (Å²) in [6.07, 6.45) is 2.44. The Labute approximate surface area is 195 Å². The minimum absolute atomic E-state index is 0.142. The van der Waals surface area contributed by atoms with Crippen molar-refractivity contribution < 1.29 is 14.0 Å². The van der Waals surface area contributed by atoms with E-state index in [0.29, 0.717) is 13.0 Å². The number of nitrogens with one attached hydrogen (secondary N) is 1. The summed E-state index contributed by atoms with van der Waals surface area (Å²) in [7, 11) is 0. The molecule has 0 aliphatic rings. The van der Waals surface area contributed by atoms with Crippen molar-refractivity contribution in [1.82, 2.24) is 10.2 Å². The minimum atomic E-state index is -0.675. The first-order valence-electron chi connectivity index (χ1n) is 11.5. The summed E-state index contributed by atoms with van der Waals surface area (Å²) in [5.41, 5.74) is 2.64. The average molecular weight is 447 g/mol. The Morgan fingerprint density at radius 1 is 0.848 bits per heavy atom. The van der Waals surface area contributed by atoms with Crippen LogP contribution in [0.25, 0.3) is 0 Å². The van der Waals surface area contributed by atoms with Gasteiger partial charge in [0.05, 0.1) is 6.42 Å². The van der Waals surface area contributed by atoms with Crippen LogP contribution in [0.4, 0.5) is 4.39 Å². The molecule has 0 aliphatic heterocycles. The summed E-state index contributed by atoms with van der Waals surface area (Å²) in [6, 6.07) is 24.6. The SMILES string of the molecule is CCCCNC(=O)[C@@H](Cc1ccccc1)N(Cc1ccc(F)cc1)C(=O)Cc1ccccc1. The highest BCUT2D eigenvalue weighted by Crippen LogP contribution is 2.17. The molecule has 4 nitrogen and oxygen atoms in total. The van der Waals surface area contributed by atoms with E-state index in [1.807, 2.05) is 60.7 Å². The molecule has 0 radical (unpaired) electrons. The Morgan fingerprint density at radius 3 is 2.06 bits per heavy atom. The Hall–Kier alpha value is -3.47. The van der Waals surface area contributed by atoms with Gasteiger partial charge < -0.3 is 10.2 Å². The lowest BCUT2D eigenvalue weighted by molar-refractivity contribution is -0.140. The largest absolute Gasteiger partial charge is 0.354 e. The van der Waals surface area contributed by atoms with E-state index in [2.05, 4.69) is 12.2 Å². The molecule has 1 atom stereocenters. The molecular weight excluding hydrogens is 415 g/mol. The fourth-order valence-electron chi connectivity index (χ4n) is 3.72. The molecule has 1 N–H and O–H groups in total. The van der Waals surface area contributed by atoms with Gasteiger partial charge in [-0.1, -0.05) is 86.1 Å². The summed E-state index contributed by atoms with van der Waals surface area (Å²) >= 11 is 0. The van der Waals surface area contributed by atoms with Crippen molar-refractivity contribution in [2.75, 3.05) is 6.54 Å². The van der Waals surface area contributed by atoms with Gasteiger partial charge in [0.2, 0.25) is 11.8 Å². The highest BCUT2D eigenvalue weighted by molar-refractivity contribution is 5.88. The van der Waals surface area contributed by atoms with Crippen LogP contribution in [0, 0.1) is 5.82 Å². The molecule has 2 amide bonds. The second-order valence-corrected chi connectivity index (χ2v) is 8.16. The van der Waals surface area contributed by atoms with Crippen molar-refractivity contribution in [3.05, 3.63) is 107 Å². The summed E-state index contributed by atoms with van der Waals surface area (Å²) in [6.45, 7) is 2.86. The van der Waals surface area contributed by atoms with Crippen LogP contribution >= 0.6 is 0 Å². The van der Waals surface area contributed by atoms with Gasteiger partial charge in [0.1, 0.15) is 11.9 Å². The van der Waals surface area contributed by atoms with Gasteiger partial charge in [0.15, 0.2) is 0 Å². The molecule has 3 aromatic carbocycles. The number of benzene rings is 3. The van der Waals surface area contributed by atoms with Crippen molar-refractivity contribution in [1.29, 1.82) is 0 Å². The number of carbonyl (C=O) groups excluding carboxylic acids is 2. The van der Waals surface area contributed by atoms with Crippen molar-refractivity contribution in [2.45, 2.75) is 45.2 Å². The third kappa shape index (κ3) is 7.56. The van der Waals surface area contributed by atoms with Gasteiger partial charge in [-0.25, -0.2) is 4.39 Å². The molecule has 0 saturated heterocycles. The van der Waals surface area contributed by atoms with E-state index in [1.165, 1.54) is 12.1 Å². The molecule has 172 valence electrons. The summed E-state index contributed by atoms with van der Waals surface area (Å²) in [5, 5.41) is 3.01. The number of unbranched alkanes of at least 4 members (excludes halogenated alkanes) is 1. The molecule has 33 heavy (non-hydrogen) atoms. The highest BCUT2D eigenvalue weighted by Gasteiger charge is 2.30. The standard InChI is InChI=1S/C28H31FN2O2/c1-2-3-18-30-28(33)26(19-22-10-6-4-7-11-22)31(21-24-14-16-25(29)17-15-24)27(32)20-23-12-8-5-9-13-23/h4-17,26H,2-3,18-21H2,1H3,(H,30,33)/t26-/m1/s1. The third-order valence-corrected chi connectivity index (χ3v) is 5.57. The summed E-state index contributed by atoms with van der Waals surface area (Å²) in [4.78, 5) is 28.5. The first kappa shape index (κ1) is 24.2. The zero-order valence-corrected chi connectivity index (χ0v) is 19.0. The maximum absolute atomic E-state index is 13.5. The van der Waals surface area contributed by atoms with Gasteiger partial charge in [-0.05, 0) is 35.2 Å². The molecule has 0 aliphatic carbocycles. The van der Waals surface area contributed by atoms with E-state index in [-0.39, 0.29) is 30.6 Å². The van der Waals surface area contributed by atoms with Crippen LogP contribution in [0.3, 0.4) is 0 Å². The molecule has 3 rings (SSSR count). The quantitative estimate of drug-likeness (QED) is 0.425. The van der Waals surface area contributed by atoms with Gasteiger partial charge in [0, 0.05) is 19.5 Å². The maximum atomic E-state index is 13.5. The van der Waals surface area contributed by atoms with Crippen molar-refractivity contribution >= 4 is 11.8 Å². The van der Waals surface area contributed by atoms with Crippen LogP contribution < -0.4 is 5.32 Å². The highest BCUT2D eigenvalue weighted by atomic mass is 19.1. The monoisotopic (exact) mass is 446 g/mol. The van der Waals surface area contributed by atoms with Crippen molar-refractivity contribution in [3.63, 3.8) is 0 Å². The van der Waals surface area contributed by atoms with Crippen LogP contribution in [0.5, 0.6) is 0 Å². The number of hydrogen-bond acceptors (Lipinski definition) is 2. The van der Waals surface area contributed by atoms with E-state index < -0.39 is 6.04 Å². The molecule has 0 aromatic heterocycles. The Morgan fingerprint density at radius 2 is 1.45 bits per heavy atom. The van der Waals surface area contributed by atoms with Gasteiger partial charge in [-0.15, -0.1) is 0 Å². The topological polar surface area (TPSA) is 49.4 Å². The zero-order valence-electron chi connectivity index (χ0n) is 19.0.